The Kier molecular flexibility index (Phi) is 6.55. The average molecular weight is 355 g/mol. The van der Waals surface area contributed by atoms with Gasteiger partial charge in [-0.15, -0.1) is 0 Å². The molecule has 3 rings (SSSR count). The van der Waals surface area contributed by atoms with E-state index in [-0.39, 0.29) is 11.8 Å². The van der Waals surface area contributed by atoms with Crippen molar-refractivity contribution < 1.29 is 14.3 Å². The largest absolute Gasteiger partial charge is 0.490 e. The highest BCUT2D eigenvalue weighted by Gasteiger charge is 2.27. The van der Waals surface area contributed by atoms with Gasteiger partial charge in [-0.25, -0.2) is 9.97 Å². The molecule has 1 aromatic heterocycles. The number of nitrogens with zero attached hydrogens (tertiary/aromatic N) is 3. The van der Waals surface area contributed by atoms with Gasteiger partial charge in [-0.05, 0) is 38.0 Å². The quantitative estimate of drug-likeness (QED) is 0.715. The second-order valence-corrected chi connectivity index (χ2v) is 6.27. The minimum atomic E-state index is 0.00997. The molecule has 0 N–H and O–H groups in total. The Morgan fingerprint density at radius 3 is 2.96 bits per heavy atom. The number of likely N-dealkylation sites (tertiary alicyclic amines) is 1. The summed E-state index contributed by atoms with van der Waals surface area (Å²) in [7, 11) is 0. The van der Waals surface area contributed by atoms with E-state index in [4.69, 9.17) is 9.47 Å². The van der Waals surface area contributed by atoms with Crippen LogP contribution in [0.3, 0.4) is 0 Å². The van der Waals surface area contributed by atoms with Gasteiger partial charge in [0.2, 0.25) is 0 Å². The molecule has 0 saturated carbocycles. The normalized spacial score (nSPS) is 17.1. The molecular weight excluding hydrogens is 330 g/mol. The van der Waals surface area contributed by atoms with Crippen LogP contribution in [0.5, 0.6) is 5.75 Å². The molecule has 0 aliphatic carbocycles. The summed E-state index contributed by atoms with van der Waals surface area (Å²) in [5.41, 5.74) is 1.60. The lowest BCUT2D eigenvalue weighted by Gasteiger charge is -2.32. The number of carbonyl (C=O) groups is 1. The summed E-state index contributed by atoms with van der Waals surface area (Å²) in [6.45, 7) is 4.97. The maximum atomic E-state index is 13.1. The van der Waals surface area contributed by atoms with Crippen LogP contribution in [0.1, 0.15) is 41.7 Å². The van der Waals surface area contributed by atoms with Crippen LogP contribution in [-0.4, -0.2) is 53.7 Å². The molecule has 6 heteroatoms. The molecule has 0 spiro atoms. The first-order chi connectivity index (χ1) is 12.8. The zero-order valence-corrected chi connectivity index (χ0v) is 15.1. The van der Waals surface area contributed by atoms with Crippen molar-refractivity contribution in [1.29, 1.82) is 0 Å². The Morgan fingerprint density at radius 1 is 1.27 bits per heavy atom. The van der Waals surface area contributed by atoms with Crippen molar-refractivity contribution in [2.45, 2.75) is 25.7 Å². The third-order valence-corrected chi connectivity index (χ3v) is 4.54. The van der Waals surface area contributed by atoms with Crippen molar-refractivity contribution in [2.24, 2.45) is 0 Å². The predicted octanol–water partition coefficient (Wildman–Crippen LogP) is 2.91. The zero-order valence-electron chi connectivity index (χ0n) is 15.1. The van der Waals surface area contributed by atoms with Crippen molar-refractivity contribution in [3.8, 4) is 5.75 Å². The fraction of sp³-hybridized carbons (Fsp3) is 0.450. The van der Waals surface area contributed by atoms with E-state index in [1.165, 1.54) is 0 Å². The van der Waals surface area contributed by atoms with Crippen LogP contribution in [0, 0.1) is 0 Å². The fourth-order valence-electron chi connectivity index (χ4n) is 3.24. The summed E-state index contributed by atoms with van der Waals surface area (Å²) in [6, 6.07) is 9.35. The molecular formula is C20H25N3O3. The van der Waals surface area contributed by atoms with E-state index in [1.807, 2.05) is 42.2 Å². The first-order valence-corrected chi connectivity index (χ1v) is 9.14. The van der Waals surface area contributed by atoms with E-state index in [2.05, 4.69) is 9.97 Å². The van der Waals surface area contributed by atoms with Crippen molar-refractivity contribution in [3.63, 3.8) is 0 Å². The highest BCUT2D eigenvalue weighted by Crippen LogP contribution is 2.28. The smallest absolute Gasteiger partial charge is 0.257 e. The maximum Gasteiger partial charge on any atom is 0.257 e. The number of ether oxygens (including phenoxy) is 2. The molecule has 0 bridgehead atoms. The van der Waals surface area contributed by atoms with E-state index < -0.39 is 0 Å². The Balaban J connectivity index is 1.68. The Morgan fingerprint density at radius 2 is 2.15 bits per heavy atom. The van der Waals surface area contributed by atoms with Gasteiger partial charge in [0.1, 0.15) is 18.7 Å². The highest BCUT2D eigenvalue weighted by atomic mass is 16.5. The van der Waals surface area contributed by atoms with E-state index in [0.29, 0.717) is 37.7 Å². The van der Waals surface area contributed by atoms with Gasteiger partial charge >= 0.3 is 0 Å². The van der Waals surface area contributed by atoms with Gasteiger partial charge in [-0.3, -0.25) is 4.79 Å². The summed E-state index contributed by atoms with van der Waals surface area (Å²) in [5.74, 6) is 0.874. The van der Waals surface area contributed by atoms with Gasteiger partial charge in [-0.2, -0.15) is 0 Å². The molecule has 1 saturated heterocycles. The van der Waals surface area contributed by atoms with Crippen LogP contribution in [0.25, 0.3) is 0 Å². The van der Waals surface area contributed by atoms with Gasteiger partial charge in [0.15, 0.2) is 0 Å². The molecule has 1 atom stereocenters. The van der Waals surface area contributed by atoms with E-state index in [9.17, 15) is 4.79 Å². The topological polar surface area (TPSA) is 64.6 Å². The van der Waals surface area contributed by atoms with Crippen molar-refractivity contribution in [2.75, 3.05) is 32.9 Å². The first-order valence-electron chi connectivity index (χ1n) is 9.14. The molecule has 1 aliphatic heterocycles. The first kappa shape index (κ1) is 18.3. The fourth-order valence-corrected chi connectivity index (χ4v) is 3.24. The number of amides is 1. The summed E-state index contributed by atoms with van der Waals surface area (Å²) in [6.07, 6.45) is 5.32. The van der Waals surface area contributed by atoms with Crippen LogP contribution in [0.15, 0.2) is 42.9 Å². The number of piperidine rings is 1. The van der Waals surface area contributed by atoms with E-state index >= 15 is 0 Å². The SMILES string of the molecule is CCOCCOc1ccccc1C(=O)N1CCC[C@H](c2ccncn2)C1. The van der Waals surface area contributed by atoms with Gasteiger partial charge < -0.3 is 14.4 Å². The average Bonchev–Trinajstić information content (AvgIpc) is 2.72. The summed E-state index contributed by atoms with van der Waals surface area (Å²) in [4.78, 5) is 23.3. The molecule has 1 amide bonds. The van der Waals surface area contributed by atoms with Gasteiger partial charge in [-0.1, -0.05) is 12.1 Å². The van der Waals surface area contributed by atoms with Crippen LogP contribution in [0.2, 0.25) is 0 Å². The molecule has 6 nitrogen and oxygen atoms in total. The lowest BCUT2D eigenvalue weighted by Crippen LogP contribution is -2.39. The van der Waals surface area contributed by atoms with Crippen molar-refractivity contribution in [3.05, 3.63) is 54.1 Å². The van der Waals surface area contributed by atoms with Gasteiger partial charge in [0.05, 0.1) is 12.2 Å². The van der Waals surface area contributed by atoms with Crippen molar-refractivity contribution in [1.82, 2.24) is 14.9 Å². The Bertz CT molecular complexity index is 708. The minimum absolute atomic E-state index is 0.00997. The molecule has 1 fully saturated rings. The molecule has 1 aliphatic rings. The van der Waals surface area contributed by atoms with Crippen LogP contribution in [0.4, 0.5) is 0 Å². The van der Waals surface area contributed by atoms with Crippen LogP contribution < -0.4 is 4.74 Å². The number of rotatable bonds is 7. The van der Waals surface area contributed by atoms with Crippen LogP contribution in [-0.2, 0) is 4.74 Å². The number of hydrogen-bond acceptors (Lipinski definition) is 5. The lowest BCUT2D eigenvalue weighted by molar-refractivity contribution is 0.0696. The summed E-state index contributed by atoms with van der Waals surface area (Å²) in [5, 5.41) is 0. The molecule has 0 unspecified atom stereocenters. The highest BCUT2D eigenvalue weighted by molar-refractivity contribution is 5.97. The minimum Gasteiger partial charge on any atom is -0.490 e. The maximum absolute atomic E-state index is 13.1. The molecule has 0 radical (unpaired) electrons. The molecule has 2 aromatic rings. The van der Waals surface area contributed by atoms with Gasteiger partial charge in [0, 0.05) is 37.5 Å². The van der Waals surface area contributed by atoms with E-state index in [1.54, 1.807) is 12.5 Å². The predicted molar refractivity (Wildman–Crippen MR) is 98.3 cm³/mol. The second-order valence-electron chi connectivity index (χ2n) is 6.27. The standard InChI is InChI=1S/C20H25N3O3/c1-2-25-12-13-26-19-8-4-3-7-17(19)20(24)23-11-5-6-16(14-23)18-9-10-21-15-22-18/h3-4,7-10,15-16H,2,5-6,11-14H2,1H3/t16-/m0/s1. The molecule has 1 aromatic carbocycles. The van der Waals surface area contributed by atoms with Crippen LogP contribution >= 0.6 is 0 Å². The number of para-hydroxylation sites is 1. The monoisotopic (exact) mass is 355 g/mol. The summed E-state index contributed by atoms with van der Waals surface area (Å²) < 4.78 is 11.1. The van der Waals surface area contributed by atoms with E-state index in [0.717, 1.165) is 25.1 Å². The Hall–Kier alpha value is -2.47. The number of hydrogen-bond donors (Lipinski definition) is 0. The molecule has 2 heterocycles. The molecule has 26 heavy (non-hydrogen) atoms. The number of carbonyl (C=O) groups excluding carboxylic acids is 1. The van der Waals surface area contributed by atoms with Crippen molar-refractivity contribution >= 4 is 5.91 Å². The second kappa shape index (κ2) is 9.29. The summed E-state index contributed by atoms with van der Waals surface area (Å²) >= 11 is 0. The lowest BCUT2D eigenvalue weighted by atomic mass is 9.94. The third-order valence-electron chi connectivity index (χ3n) is 4.54. The number of benzene rings is 1. The van der Waals surface area contributed by atoms with Gasteiger partial charge in [0.25, 0.3) is 5.91 Å². The number of aromatic nitrogens is 2. The Labute approximate surface area is 154 Å². The zero-order chi connectivity index (χ0) is 18.2. The molecule has 138 valence electrons. The third kappa shape index (κ3) is 4.58.